The van der Waals surface area contributed by atoms with Gasteiger partial charge in [0.2, 0.25) is 0 Å². The predicted molar refractivity (Wildman–Crippen MR) is 70.0 cm³/mol. The molecule has 3 heteroatoms. The first-order valence-electron chi connectivity index (χ1n) is 5.50. The van der Waals surface area contributed by atoms with E-state index >= 15 is 0 Å². The van der Waals surface area contributed by atoms with Crippen LogP contribution in [0.3, 0.4) is 0 Å². The van der Waals surface area contributed by atoms with Crippen molar-refractivity contribution in [3.8, 4) is 5.75 Å². The van der Waals surface area contributed by atoms with Crippen LogP contribution in [0.2, 0.25) is 0 Å². The first kappa shape index (κ1) is 11.9. The highest BCUT2D eigenvalue weighted by Gasteiger charge is 2.08. The van der Waals surface area contributed by atoms with E-state index in [4.69, 9.17) is 4.74 Å². The van der Waals surface area contributed by atoms with Crippen molar-refractivity contribution in [1.29, 1.82) is 0 Å². The number of Topliss-reactive ketones (excluding diaryl/α,β-unsaturated/α-hetero) is 1. The maximum Gasteiger partial charge on any atom is 0.173 e. The summed E-state index contributed by atoms with van der Waals surface area (Å²) < 4.78 is 5.26. The van der Waals surface area contributed by atoms with E-state index in [2.05, 4.69) is 0 Å². The zero-order valence-electron chi connectivity index (χ0n) is 9.68. The fraction of sp³-hybridized carbons (Fsp3) is 0.214. The number of hydrogen-bond acceptors (Lipinski definition) is 3. The highest BCUT2D eigenvalue weighted by Crippen LogP contribution is 2.20. The minimum absolute atomic E-state index is 0.200. The molecule has 0 spiro atoms. The SMILES string of the molecule is COc1ccccc1CCC(=O)c1cccs1. The Balaban J connectivity index is 2.00. The van der Waals surface area contributed by atoms with Crippen LogP contribution < -0.4 is 4.74 Å². The molecular weight excluding hydrogens is 232 g/mol. The Morgan fingerprint density at radius 2 is 2.06 bits per heavy atom. The molecule has 0 N–H and O–H groups in total. The Hall–Kier alpha value is -1.61. The van der Waals surface area contributed by atoms with Gasteiger partial charge in [0.05, 0.1) is 12.0 Å². The molecule has 0 saturated carbocycles. The summed E-state index contributed by atoms with van der Waals surface area (Å²) in [6, 6.07) is 11.6. The van der Waals surface area contributed by atoms with E-state index in [0.717, 1.165) is 22.6 Å². The van der Waals surface area contributed by atoms with E-state index in [1.807, 2.05) is 41.8 Å². The Morgan fingerprint density at radius 3 is 2.76 bits per heavy atom. The second-order valence-corrected chi connectivity index (χ2v) is 4.66. The fourth-order valence-electron chi connectivity index (χ4n) is 1.72. The molecule has 0 aliphatic heterocycles. The molecule has 1 aromatic carbocycles. The first-order valence-corrected chi connectivity index (χ1v) is 6.38. The van der Waals surface area contributed by atoms with Crippen molar-refractivity contribution in [2.45, 2.75) is 12.8 Å². The average Bonchev–Trinajstić information content (AvgIpc) is 2.90. The Kier molecular flexibility index (Phi) is 3.94. The summed E-state index contributed by atoms with van der Waals surface area (Å²) in [6.07, 6.45) is 1.25. The zero-order chi connectivity index (χ0) is 12.1. The lowest BCUT2D eigenvalue weighted by molar-refractivity contribution is 0.0986. The van der Waals surface area contributed by atoms with Gasteiger partial charge in [-0.15, -0.1) is 11.3 Å². The first-order chi connectivity index (χ1) is 8.31. The van der Waals surface area contributed by atoms with Crippen LogP contribution in [0.25, 0.3) is 0 Å². The van der Waals surface area contributed by atoms with Crippen LogP contribution in [-0.2, 0) is 6.42 Å². The molecule has 0 unspecified atom stereocenters. The summed E-state index contributed by atoms with van der Waals surface area (Å²) in [5.74, 6) is 1.05. The lowest BCUT2D eigenvalue weighted by Crippen LogP contribution is -2.00. The van der Waals surface area contributed by atoms with Crippen molar-refractivity contribution in [1.82, 2.24) is 0 Å². The second kappa shape index (κ2) is 5.64. The predicted octanol–water partition coefficient (Wildman–Crippen LogP) is 3.57. The molecule has 1 aromatic heterocycles. The summed E-state index contributed by atoms with van der Waals surface area (Å²) in [7, 11) is 1.65. The van der Waals surface area contributed by atoms with E-state index in [1.165, 1.54) is 11.3 Å². The average molecular weight is 246 g/mol. The molecule has 0 aliphatic rings. The van der Waals surface area contributed by atoms with Gasteiger partial charge in [-0.1, -0.05) is 24.3 Å². The molecular formula is C14H14O2S. The van der Waals surface area contributed by atoms with Gasteiger partial charge in [0.25, 0.3) is 0 Å². The third-order valence-corrected chi connectivity index (χ3v) is 3.52. The third-order valence-electron chi connectivity index (χ3n) is 2.61. The minimum atomic E-state index is 0.200. The van der Waals surface area contributed by atoms with Crippen molar-refractivity contribution < 1.29 is 9.53 Å². The maximum absolute atomic E-state index is 11.8. The monoisotopic (exact) mass is 246 g/mol. The fourth-order valence-corrected chi connectivity index (χ4v) is 2.41. The molecule has 88 valence electrons. The van der Waals surface area contributed by atoms with Crippen LogP contribution in [0.5, 0.6) is 5.75 Å². The summed E-state index contributed by atoms with van der Waals surface area (Å²) >= 11 is 1.50. The molecule has 2 nitrogen and oxygen atoms in total. The van der Waals surface area contributed by atoms with Crippen LogP contribution in [0.4, 0.5) is 0 Å². The molecule has 0 fully saturated rings. The van der Waals surface area contributed by atoms with Crippen LogP contribution in [-0.4, -0.2) is 12.9 Å². The van der Waals surface area contributed by atoms with E-state index in [9.17, 15) is 4.79 Å². The number of ether oxygens (including phenoxy) is 1. The molecule has 2 rings (SSSR count). The quantitative estimate of drug-likeness (QED) is 0.754. The number of thiophene rings is 1. The van der Waals surface area contributed by atoms with Gasteiger partial charge in [-0.05, 0) is 29.5 Å². The van der Waals surface area contributed by atoms with Gasteiger partial charge in [0.1, 0.15) is 5.75 Å². The Bertz CT molecular complexity index is 489. The van der Waals surface area contributed by atoms with Crippen molar-refractivity contribution in [2.24, 2.45) is 0 Å². The molecule has 2 aromatic rings. The largest absolute Gasteiger partial charge is 0.496 e. The molecule has 0 saturated heterocycles. The minimum Gasteiger partial charge on any atom is -0.496 e. The number of rotatable bonds is 5. The van der Waals surface area contributed by atoms with E-state index in [1.54, 1.807) is 7.11 Å². The Morgan fingerprint density at radius 1 is 1.24 bits per heavy atom. The molecule has 0 amide bonds. The number of carbonyl (C=O) groups is 1. The summed E-state index contributed by atoms with van der Waals surface area (Å²) in [5, 5.41) is 1.93. The maximum atomic E-state index is 11.8. The van der Waals surface area contributed by atoms with Gasteiger partial charge >= 0.3 is 0 Å². The van der Waals surface area contributed by atoms with Gasteiger partial charge in [-0.3, -0.25) is 4.79 Å². The normalized spacial score (nSPS) is 10.2. The molecule has 0 bridgehead atoms. The standard InChI is InChI=1S/C14H14O2S/c1-16-13-6-3-2-5-11(13)8-9-12(15)14-7-4-10-17-14/h2-7,10H,8-9H2,1H3. The highest BCUT2D eigenvalue weighted by molar-refractivity contribution is 7.12. The van der Waals surface area contributed by atoms with Crippen LogP contribution in [0.1, 0.15) is 21.7 Å². The number of methoxy groups -OCH3 is 1. The molecule has 0 aliphatic carbocycles. The lowest BCUT2D eigenvalue weighted by atomic mass is 10.1. The number of aryl methyl sites for hydroxylation is 1. The number of carbonyl (C=O) groups excluding carboxylic acids is 1. The van der Waals surface area contributed by atoms with E-state index in [0.29, 0.717) is 6.42 Å². The highest BCUT2D eigenvalue weighted by atomic mass is 32.1. The van der Waals surface area contributed by atoms with Gasteiger partial charge in [0.15, 0.2) is 5.78 Å². The van der Waals surface area contributed by atoms with E-state index in [-0.39, 0.29) is 5.78 Å². The lowest BCUT2D eigenvalue weighted by Gasteiger charge is -2.06. The topological polar surface area (TPSA) is 26.3 Å². The van der Waals surface area contributed by atoms with Crippen molar-refractivity contribution in [2.75, 3.05) is 7.11 Å². The van der Waals surface area contributed by atoms with Crippen LogP contribution in [0, 0.1) is 0 Å². The van der Waals surface area contributed by atoms with Crippen LogP contribution >= 0.6 is 11.3 Å². The second-order valence-electron chi connectivity index (χ2n) is 3.71. The van der Waals surface area contributed by atoms with Gasteiger partial charge < -0.3 is 4.74 Å². The van der Waals surface area contributed by atoms with Gasteiger partial charge in [-0.2, -0.15) is 0 Å². The Labute approximate surface area is 105 Å². The van der Waals surface area contributed by atoms with Gasteiger partial charge in [-0.25, -0.2) is 0 Å². The van der Waals surface area contributed by atoms with Crippen molar-refractivity contribution in [3.05, 3.63) is 52.2 Å². The summed E-state index contributed by atoms with van der Waals surface area (Å²) in [6.45, 7) is 0. The number of para-hydroxylation sites is 1. The van der Waals surface area contributed by atoms with E-state index < -0.39 is 0 Å². The van der Waals surface area contributed by atoms with Gasteiger partial charge in [0, 0.05) is 6.42 Å². The number of hydrogen-bond donors (Lipinski definition) is 0. The zero-order valence-corrected chi connectivity index (χ0v) is 10.5. The van der Waals surface area contributed by atoms with Crippen molar-refractivity contribution >= 4 is 17.1 Å². The number of benzene rings is 1. The van der Waals surface area contributed by atoms with Crippen LogP contribution in [0.15, 0.2) is 41.8 Å². The smallest absolute Gasteiger partial charge is 0.173 e. The molecule has 0 atom stereocenters. The van der Waals surface area contributed by atoms with Crippen molar-refractivity contribution in [3.63, 3.8) is 0 Å². The number of ketones is 1. The molecule has 1 heterocycles. The third kappa shape index (κ3) is 2.94. The summed E-state index contributed by atoms with van der Waals surface area (Å²) in [5.41, 5.74) is 1.08. The molecule has 0 radical (unpaired) electrons. The molecule has 17 heavy (non-hydrogen) atoms. The summed E-state index contributed by atoms with van der Waals surface area (Å²) in [4.78, 5) is 12.7.